The van der Waals surface area contributed by atoms with Crippen molar-refractivity contribution in [3.05, 3.63) is 53.5 Å². The molecule has 0 bridgehead atoms. The lowest BCUT2D eigenvalue weighted by molar-refractivity contribution is -0.221. The van der Waals surface area contributed by atoms with Crippen molar-refractivity contribution in [2.24, 2.45) is 5.92 Å². The highest BCUT2D eigenvalue weighted by Crippen LogP contribution is 2.39. The zero-order chi connectivity index (χ0) is 29.7. The molecule has 0 spiro atoms. The van der Waals surface area contributed by atoms with Gasteiger partial charge in [-0.1, -0.05) is 0 Å². The van der Waals surface area contributed by atoms with Crippen LogP contribution < -0.4 is 10.2 Å². The monoisotopic (exact) mass is 578 g/mol. The van der Waals surface area contributed by atoms with Crippen LogP contribution in [0.3, 0.4) is 0 Å². The van der Waals surface area contributed by atoms with Crippen LogP contribution in [0.15, 0.2) is 36.8 Å². The van der Waals surface area contributed by atoms with Gasteiger partial charge in [0, 0.05) is 37.6 Å². The molecule has 2 atom stereocenters. The zero-order valence-electron chi connectivity index (χ0n) is 22.4. The Labute approximate surface area is 232 Å². The quantitative estimate of drug-likeness (QED) is 0.368. The van der Waals surface area contributed by atoms with Gasteiger partial charge >= 0.3 is 6.18 Å². The van der Waals surface area contributed by atoms with Gasteiger partial charge in [0.15, 0.2) is 11.8 Å². The molecule has 1 fully saturated rings. The summed E-state index contributed by atoms with van der Waals surface area (Å²) >= 11 is 0. The summed E-state index contributed by atoms with van der Waals surface area (Å²) in [6, 6.07) is 4.81. The molecule has 3 N–H and O–H groups in total. The van der Waals surface area contributed by atoms with Crippen molar-refractivity contribution >= 4 is 28.8 Å². The Balaban J connectivity index is 1.45. The van der Waals surface area contributed by atoms with Crippen molar-refractivity contribution < 1.29 is 37.4 Å². The molecule has 2 aromatic heterocycles. The number of aromatic nitrogens is 3. The highest BCUT2D eigenvalue weighted by Gasteiger charge is 2.44. The first-order valence-electron chi connectivity index (χ1n) is 13.2. The summed E-state index contributed by atoms with van der Waals surface area (Å²) in [5.74, 6) is -1.97. The second-order valence-electron chi connectivity index (χ2n) is 11.0. The van der Waals surface area contributed by atoms with Crippen LogP contribution in [0, 0.1) is 5.92 Å². The number of fused-ring (bicyclic) bond motifs is 2. The molecular weight excluding hydrogens is 548 g/mol. The Morgan fingerprint density at radius 3 is 2.59 bits per heavy atom. The van der Waals surface area contributed by atoms with Crippen LogP contribution >= 0.6 is 0 Å². The van der Waals surface area contributed by atoms with Crippen LogP contribution in [-0.2, 0) is 6.54 Å². The third kappa shape index (κ3) is 5.71. The fourth-order valence-electron chi connectivity index (χ4n) is 5.24. The normalized spacial score (nSPS) is 18.1. The molecule has 0 aliphatic carbocycles. The number of hydrogen-bond donors (Lipinski definition) is 3. The van der Waals surface area contributed by atoms with Gasteiger partial charge in [0.05, 0.1) is 29.7 Å². The molecule has 0 saturated carbocycles. The minimum absolute atomic E-state index is 0.0400. The van der Waals surface area contributed by atoms with E-state index in [9.17, 15) is 37.4 Å². The van der Waals surface area contributed by atoms with Gasteiger partial charge in [-0.2, -0.15) is 18.3 Å². The Morgan fingerprint density at radius 1 is 1.22 bits per heavy atom. The molecule has 14 heteroatoms. The highest BCUT2D eigenvalue weighted by atomic mass is 19.4. The summed E-state index contributed by atoms with van der Waals surface area (Å²) in [5, 5.41) is 26.7. The Bertz CT molecular complexity index is 1460. The largest absolute Gasteiger partial charge is 0.414 e. The van der Waals surface area contributed by atoms with Crippen LogP contribution in [0.2, 0.25) is 0 Å². The summed E-state index contributed by atoms with van der Waals surface area (Å²) in [6.45, 7) is 2.61. The Hall–Kier alpha value is -3.78. The van der Waals surface area contributed by atoms with Gasteiger partial charge in [0.25, 0.3) is 11.8 Å². The number of carbonyl (C=O) groups excluding carboxylic acids is 2. The lowest BCUT2D eigenvalue weighted by Crippen LogP contribution is -2.43. The van der Waals surface area contributed by atoms with Crippen LogP contribution in [0.5, 0.6) is 0 Å². The molecule has 2 amide bonds. The number of halogens is 4. The van der Waals surface area contributed by atoms with Gasteiger partial charge in [-0.3, -0.25) is 9.59 Å². The molecule has 220 valence electrons. The van der Waals surface area contributed by atoms with Crippen LogP contribution in [0.25, 0.3) is 5.65 Å². The predicted octanol–water partition coefficient (Wildman–Crippen LogP) is 3.19. The number of benzene rings is 1. The maximum atomic E-state index is 14.6. The lowest BCUT2D eigenvalue weighted by atomic mass is 9.90. The van der Waals surface area contributed by atoms with Crippen molar-refractivity contribution in [2.75, 3.05) is 29.9 Å². The number of carbonyl (C=O) groups is 2. The Morgan fingerprint density at radius 2 is 1.93 bits per heavy atom. The molecular formula is C27H30F4N6O4. The number of aliphatic hydroxyl groups is 2. The topological polar surface area (TPSA) is 123 Å². The van der Waals surface area contributed by atoms with E-state index < -0.39 is 41.8 Å². The molecule has 1 saturated heterocycles. The minimum atomic E-state index is -4.73. The van der Waals surface area contributed by atoms with Gasteiger partial charge in [0.2, 0.25) is 0 Å². The van der Waals surface area contributed by atoms with Crippen molar-refractivity contribution in [1.82, 2.24) is 19.5 Å². The van der Waals surface area contributed by atoms with E-state index in [-0.39, 0.29) is 50.1 Å². The van der Waals surface area contributed by atoms with Crippen LogP contribution in [0.4, 0.5) is 28.9 Å². The van der Waals surface area contributed by atoms with Crippen LogP contribution in [0.1, 0.15) is 53.0 Å². The number of amides is 2. The van der Waals surface area contributed by atoms with Crippen molar-refractivity contribution in [3.63, 3.8) is 0 Å². The third-order valence-corrected chi connectivity index (χ3v) is 7.68. The summed E-state index contributed by atoms with van der Waals surface area (Å²) in [6.07, 6.45) is -4.29. The molecule has 3 aromatic rings. The first-order chi connectivity index (χ1) is 19.2. The van der Waals surface area contributed by atoms with E-state index in [0.29, 0.717) is 22.6 Å². The number of piperidine rings is 1. The number of anilines is 2. The smallest absolute Gasteiger partial charge is 0.387 e. The SMILES string of the molecule is CC(C)(O)C(F)CN1Cc2cc(NC(=O)c3cnn4cccnc34)c(N3CCC(C(O)C(F)(F)F)CC3)cc2C1=O. The number of nitrogens with zero attached hydrogens (tertiary/aromatic N) is 5. The van der Waals surface area contributed by atoms with E-state index in [1.165, 1.54) is 35.7 Å². The van der Waals surface area contributed by atoms with Crippen molar-refractivity contribution in [1.29, 1.82) is 0 Å². The molecule has 2 aliphatic rings. The average molecular weight is 579 g/mol. The molecule has 10 nitrogen and oxygen atoms in total. The summed E-state index contributed by atoms with van der Waals surface area (Å²) < 4.78 is 55.3. The zero-order valence-corrected chi connectivity index (χ0v) is 22.4. The first-order valence-corrected chi connectivity index (χ1v) is 13.2. The number of aliphatic hydroxyl groups excluding tert-OH is 1. The van der Waals surface area contributed by atoms with Gasteiger partial charge in [-0.05, 0) is 56.4 Å². The maximum Gasteiger partial charge on any atom is 0.414 e. The molecule has 1 aromatic carbocycles. The molecule has 41 heavy (non-hydrogen) atoms. The summed E-state index contributed by atoms with van der Waals surface area (Å²) in [5.41, 5.74) is 0.369. The van der Waals surface area contributed by atoms with E-state index in [1.54, 1.807) is 29.3 Å². The first kappa shape index (κ1) is 28.7. The molecule has 5 rings (SSSR count). The summed E-state index contributed by atoms with van der Waals surface area (Å²) in [4.78, 5) is 33.8. The fourth-order valence-corrected chi connectivity index (χ4v) is 5.24. The number of rotatable bonds is 7. The fraction of sp³-hybridized carbons (Fsp3) is 0.481. The third-order valence-electron chi connectivity index (χ3n) is 7.68. The number of hydrogen-bond acceptors (Lipinski definition) is 7. The minimum Gasteiger partial charge on any atom is -0.387 e. The van der Waals surface area contributed by atoms with E-state index in [4.69, 9.17) is 0 Å². The average Bonchev–Trinajstić information content (AvgIpc) is 3.48. The van der Waals surface area contributed by atoms with Crippen LogP contribution in [-0.4, -0.2) is 85.2 Å². The maximum absolute atomic E-state index is 14.6. The Kier molecular flexibility index (Phi) is 7.40. The van der Waals surface area contributed by atoms with E-state index >= 15 is 0 Å². The van der Waals surface area contributed by atoms with Crippen molar-refractivity contribution in [2.45, 2.75) is 57.3 Å². The summed E-state index contributed by atoms with van der Waals surface area (Å²) in [7, 11) is 0. The lowest BCUT2D eigenvalue weighted by Gasteiger charge is -2.37. The standard InChI is InChI=1S/C27H30F4N6O4/c1-26(2,41)21(28)14-36-13-16-10-19(34-24(39)18-12-33-37-7-3-6-32-23(18)37)20(11-17(16)25(36)40)35-8-4-15(5-9-35)22(38)27(29,30)31/h3,6-7,10-12,15,21-22,38,41H,4-5,8-9,13-14H2,1-2H3,(H,34,39). The number of alkyl halides is 4. The van der Waals surface area contributed by atoms with Crippen molar-refractivity contribution in [3.8, 4) is 0 Å². The molecule has 2 aliphatic heterocycles. The predicted molar refractivity (Wildman–Crippen MR) is 140 cm³/mol. The van der Waals surface area contributed by atoms with Gasteiger partial charge < -0.3 is 25.3 Å². The van der Waals surface area contributed by atoms with E-state index in [0.717, 1.165) is 0 Å². The van der Waals surface area contributed by atoms with E-state index in [1.807, 2.05) is 0 Å². The van der Waals surface area contributed by atoms with Gasteiger partial charge in [-0.15, -0.1) is 0 Å². The highest BCUT2D eigenvalue weighted by molar-refractivity contribution is 6.10. The van der Waals surface area contributed by atoms with Gasteiger partial charge in [0.1, 0.15) is 11.7 Å². The second kappa shape index (κ2) is 10.6. The van der Waals surface area contributed by atoms with E-state index in [2.05, 4.69) is 15.4 Å². The molecule has 0 radical (unpaired) electrons. The second-order valence-corrected chi connectivity index (χ2v) is 11.0. The molecule has 4 heterocycles. The van der Waals surface area contributed by atoms with Gasteiger partial charge in [-0.25, -0.2) is 13.9 Å². The molecule has 2 unspecified atom stereocenters. The number of nitrogens with one attached hydrogen (secondary N) is 1.